The van der Waals surface area contributed by atoms with Crippen LogP contribution in [0.15, 0.2) is 12.2 Å². The maximum atomic E-state index is 9.04. The molecule has 0 aliphatic heterocycles. The summed E-state index contributed by atoms with van der Waals surface area (Å²) in [6.45, 7) is 5.89. The summed E-state index contributed by atoms with van der Waals surface area (Å²) in [6.07, 6.45) is 3.40. The van der Waals surface area contributed by atoms with Gasteiger partial charge in [-0.05, 0) is 12.8 Å². The normalized spacial score (nSPS) is 15.6. The van der Waals surface area contributed by atoms with Gasteiger partial charge in [-0.3, -0.25) is 0 Å². The van der Waals surface area contributed by atoms with Gasteiger partial charge in [0, 0.05) is 0 Å². The highest BCUT2D eigenvalue weighted by atomic mass is 16.3. The summed E-state index contributed by atoms with van der Waals surface area (Å²) in [6, 6.07) is 0. The Labute approximate surface area is 51.0 Å². The van der Waals surface area contributed by atoms with E-state index in [0.717, 1.165) is 0 Å². The van der Waals surface area contributed by atoms with Crippen molar-refractivity contribution < 1.29 is 5.11 Å². The molecule has 1 heteroatoms. The standard InChI is InChI=1S/C7H14O/c1-4-5-7(8)6(2)3/h4-8H,1-3H3/b5-4+/t7-/m1/s1. The largest absolute Gasteiger partial charge is 0.389 e. The first-order valence-electron chi connectivity index (χ1n) is 2.99. The topological polar surface area (TPSA) is 20.2 Å². The summed E-state index contributed by atoms with van der Waals surface area (Å²) in [5.41, 5.74) is 0. The zero-order valence-corrected chi connectivity index (χ0v) is 5.76. The van der Waals surface area contributed by atoms with E-state index in [4.69, 9.17) is 5.11 Å². The van der Waals surface area contributed by atoms with E-state index in [2.05, 4.69) is 0 Å². The second-order valence-corrected chi connectivity index (χ2v) is 2.26. The molecule has 0 spiro atoms. The molecule has 0 bridgehead atoms. The van der Waals surface area contributed by atoms with Crippen LogP contribution < -0.4 is 0 Å². The first-order chi connectivity index (χ1) is 3.68. The fourth-order valence-corrected chi connectivity index (χ4v) is 0.419. The van der Waals surface area contributed by atoms with E-state index in [1.807, 2.05) is 26.8 Å². The van der Waals surface area contributed by atoms with E-state index < -0.39 is 0 Å². The Kier molecular flexibility index (Phi) is 3.53. The second-order valence-electron chi connectivity index (χ2n) is 2.26. The predicted molar refractivity (Wildman–Crippen MR) is 35.7 cm³/mol. The molecule has 0 heterocycles. The first-order valence-corrected chi connectivity index (χ1v) is 2.99. The predicted octanol–water partition coefficient (Wildman–Crippen LogP) is 1.58. The Morgan fingerprint density at radius 2 is 1.88 bits per heavy atom. The molecule has 0 aromatic rings. The number of aliphatic hydroxyl groups excluding tert-OH is 1. The molecule has 1 nitrogen and oxygen atoms in total. The van der Waals surface area contributed by atoms with Crippen LogP contribution >= 0.6 is 0 Å². The fraction of sp³-hybridized carbons (Fsp3) is 0.714. The molecule has 0 aliphatic carbocycles. The molecule has 0 aromatic carbocycles. The van der Waals surface area contributed by atoms with Gasteiger partial charge in [0.2, 0.25) is 0 Å². The highest BCUT2D eigenvalue weighted by Gasteiger charge is 2.01. The molecule has 1 atom stereocenters. The third-order valence-corrected chi connectivity index (χ3v) is 1.07. The molecule has 48 valence electrons. The van der Waals surface area contributed by atoms with Crippen LogP contribution in [0.3, 0.4) is 0 Å². The van der Waals surface area contributed by atoms with Crippen LogP contribution in [0.2, 0.25) is 0 Å². The van der Waals surface area contributed by atoms with Gasteiger partial charge in [-0.25, -0.2) is 0 Å². The second kappa shape index (κ2) is 3.67. The van der Waals surface area contributed by atoms with Crippen LogP contribution in [-0.2, 0) is 0 Å². The number of hydrogen-bond acceptors (Lipinski definition) is 1. The van der Waals surface area contributed by atoms with Crippen molar-refractivity contribution in [3.63, 3.8) is 0 Å². The van der Waals surface area contributed by atoms with Gasteiger partial charge in [-0.15, -0.1) is 0 Å². The smallest absolute Gasteiger partial charge is 0.0743 e. The summed E-state index contributed by atoms with van der Waals surface area (Å²) >= 11 is 0. The van der Waals surface area contributed by atoms with Crippen LogP contribution in [0.4, 0.5) is 0 Å². The average molecular weight is 114 g/mol. The summed E-state index contributed by atoms with van der Waals surface area (Å²) in [5.74, 6) is 0.339. The molecule has 0 saturated carbocycles. The Morgan fingerprint density at radius 3 is 2.00 bits per heavy atom. The van der Waals surface area contributed by atoms with Crippen LogP contribution in [0.5, 0.6) is 0 Å². The third kappa shape index (κ3) is 2.80. The molecule has 0 amide bonds. The van der Waals surface area contributed by atoms with Gasteiger partial charge in [-0.1, -0.05) is 26.0 Å². The van der Waals surface area contributed by atoms with E-state index in [1.165, 1.54) is 0 Å². The summed E-state index contributed by atoms with van der Waals surface area (Å²) < 4.78 is 0. The minimum absolute atomic E-state index is 0.264. The number of allylic oxidation sites excluding steroid dienone is 1. The highest BCUT2D eigenvalue weighted by Crippen LogP contribution is 2.00. The van der Waals surface area contributed by atoms with Crippen molar-refractivity contribution in [2.24, 2.45) is 5.92 Å². The van der Waals surface area contributed by atoms with Gasteiger partial charge >= 0.3 is 0 Å². The van der Waals surface area contributed by atoms with Crippen LogP contribution in [0.25, 0.3) is 0 Å². The minimum atomic E-state index is -0.264. The number of aliphatic hydroxyl groups is 1. The molecular weight excluding hydrogens is 100 g/mol. The fourth-order valence-electron chi connectivity index (χ4n) is 0.419. The molecule has 0 aliphatic rings. The molecule has 1 N–H and O–H groups in total. The van der Waals surface area contributed by atoms with Gasteiger partial charge in [0.1, 0.15) is 0 Å². The van der Waals surface area contributed by atoms with Crippen LogP contribution in [-0.4, -0.2) is 11.2 Å². The lowest BCUT2D eigenvalue weighted by molar-refractivity contribution is 0.172. The van der Waals surface area contributed by atoms with E-state index in [9.17, 15) is 0 Å². The van der Waals surface area contributed by atoms with Crippen LogP contribution in [0.1, 0.15) is 20.8 Å². The number of rotatable bonds is 2. The Bertz CT molecular complexity index is 74.5. The lowest BCUT2D eigenvalue weighted by atomic mass is 10.1. The lowest BCUT2D eigenvalue weighted by Gasteiger charge is -2.07. The summed E-state index contributed by atoms with van der Waals surface area (Å²) in [4.78, 5) is 0. The Morgan fingerprint density at radius 1 is 1.38 bits per heavy atom. The van der Waals surface area contributed by atoms with Crippen molar-refractivity contribution in [2.75, 3.05) is 0 Å². The molecule has 0 aromatic heterocycles. The van der Waals surface area contributed by atoms with Crippen molar-refractivity contribution in [2.45, 2.75) is 26.9 Å². The number of hydrogen-bond donors (Lipinski definition) is 1. The van der Waals surface area contributed by atoms with Gasteiger partial charge in [0.25, 0.3) is 0 Å². The molecule has 8 heavy (non-hydrogen) atoms. The van der Waals surface area contributed by atoms with Gasteiger partial charge in [0.05, 0.1) is 6.10 Å². The molecule has 0 fully saturated rings. The molecule has 0 saturated heterocycles. The first kappa shape index (κ1) is 7.70. The Hall–Kier alpha value is -0.300. The van der Waals surface area contributed by atoms with Crippen molar-refractivity contribution in [1.29, 1.82) is 0 Å². The lowest BCUT2D eigenvalue weighted by Crippen LogP contribution is -2.10. The quantitative estimate of drug-likeness (QED) is 0.540. The van der Waals surface area contributed by atoms with Gasteiger partial charge in [0.15, 0.2) is 0 Å². The van der Waals surface area contributed by atoms with Crippen molar-refractivity contribution in [1.82, 2.24) is 0 Å². The maximum absolute atomic E-state index is 9.04. The zero-order valence-electron chi connectivity index (χ0n) is 5.76. The molecule has 0 unspecified atom stereocenters. The van der Waals surface area contributed by atoms with Crippen LogP contribution in [0, 0.1) is 5.92 Å². The van der Waals surface area contributed by atoms with Gasteiger partial charge in [-0.2, -0.15) is 0 Å². The highest BCUT2D eigenvalue weighted by molar-refractivity contribution is 4.86. The van der Waals surface area contributed by atoms with E-state index in [-0.39, 0.29) is 6.10 Å². The Balaban J connectivity index is 3.47. The summed E-state index contributed by atoms with van der Waals surface area (Å²) in [7, 11) is 0. The van der Waals surface area contributed by atoms with E-state index in [0.29, 0.717) is 5.92 Å². The SMILES string of the molecule is C/C=C/[C@@H](O)C(C)C. The van der Waals surface area contributed by atoms with E-state index in [1.54, 1.807) is 6.08 Å². The zero-order chi connectivity index (χ0) is 6.57. The van der Waals surface area contributed by atoms with Gasteiger partial charge < -0.3 is 5.11 Å². The third-order valence-electron chi connectivity index (χ3n) is 1.07. The molecule has 0 radical (unpaired) electrons. The minimum Gasteiger partial charge on any atom is -0.389 e. The average Bonchev–Trinajstić information content (AvgIpc) is 1.67. The van der Waals surface area contributed by atoms with E-state index >= 15 is 0 Å². The maximum Gasteiger partial charge on any atom is 0.0743 e. The molecule has 0 rings (SSSR count). The van der Waals surface area contributed by atoms with Crippen molar-refractivity contribution in [3.8, 4) is 0 Å². The van der Waals surface area contributed by atoms with Crippen molar-refractivity contribution >= 4 is 0 Å². The monoisotopic (exact) mass is 114 g/mol. The molecular formula is C7H14O. The summed E-state index contributed by atoms with van der Waals surface area (Å²) in [5, 5.41) is 9.04. The van der Waals surface area contributed by atoms with Crippen molar-refractivity contribution in [3.05, 3.63) is 12.2 Å².